The Morgan fingerprint density at radius 1 is 1.12 bits per heavy atom. The third-order valence-electron chi connectivity index (χ3n) is 5.66. The molecular weight excluding hydrogens is 436 g/mol. The zero-order valence-corrected chi connectivity index (χ0v) is 19.4. The molecule has 34 heavy (non-hydrogen) atoms. The molecule has 3 aromatic rings. The first-order valence-corrected chi connectivity index (χ1v) is 11.1. The van der Waals surface area contributed by atoms with Crippen molar-refractivity contribution in [2.24, 2.45) is 0 Å². The van der Waals surface area contributed by atoms with Crippen molar-refractivity contribution in [3.8, 4) is 11.4 Å². The average molecular weight is 465 g/mol. The number of nitrogens with zero attached hydrogens (tertiary/aromatic N) is 4. The van der Waals surface area contributed by atoms with Crippen LogP contribution in [0.3, 0.4) is 0 Å². The van der Waals surface area contributed by atoms with E-state index in [2.05, 4.69) is 25.5 Å². The van der Waals surface area contributed by atoms with Crippen molar-refractivity contribution in [2.45, 2.75) is 44.8 Å². The van der Waals surface area contributed by atoms with Crippen LogP contribution in [0.15, 0.2) is 48.8 Å². The minimum absolute atomic E-state index is 0.182. The fraction of sp³-hybridized carbons (Fsp3) is 0.375. The Labute approximate surface area is 197 Å². The lowest BCUT2D eigenvalue weighted by Crippen LogP contribution is -2.50. The number of pyridine rings is 1. The molecule has 3 heterocycles. The third-order valence-corrected chi connectivity index (χ3v) is 5.66. The maximum Gasteiger partial charge on any atom is 0.410 e. The second-order valence-corrected chi connectivity index (χ2v) is 9.32. The maximum atomic E-state index is 12.6. The summed E-state index contributed by atoms with van der Waals surface area (Å²) < 4.78 is 5.53. The number of likely N-dealkylation sites (tertiary alicyclic amines) is 1. The smallest absolute Gasteiger partial charge is 0.410 e. The number of aromatic nitrogens is 4. The molecule has 10 heteroatoms. The summed E-state index contributed by atoms with van der Waals surface area (Å²) in [4.78, 5) is 33.1. The largest absolute Gasteiger partial charge is 0.478 e. The summed E-state index contributed by atoms with van der Waals surface area (Å²) in [6.07, 6.45) is 4.05. The first-order valence-electron chi connectivity index (χ1n) is 11.1. The third kappa shape index (κ3) is 5.16. The number of carboxylic acid groups (broad SMARTS) is 1. The molecule has 2 aromatic heterocycles. The van der Waals surface area contributed by atoms with Gasteiger partial charge in [0.15, 0.2) is 11.6 Å². The number of anilines is 1. The number of carbonyl (C=O) groups excluding carboxylic acids is 1. The van der Waals surface area contributed by atoms with Crippen LogP contribution in [-0.4, -0.2) is 60.9 Å². The van der Waals surface area contributed by atoms with E-state index < -0.39 is 17.1 Å². The second-order valence-electron chi connectivity index (χ2n) is 9.32. The number of carboxylic acids is 1. The van der Waals surface area contributed by atoms with Gasteiger partial charge in [-0.05, 0) is 63.9 Å². The van der Waals surface area contributed by atoms with Gasteiger partial charge in [-0.15, -0.1) is 10.2 Å². The molecule has 1 aliphatic heterocycles. The van der Waals surface area contributed by atoms with Crippen LogP contribution >= 0.6 is 0 Å². The first kappa shape index (κ1) is 23.2. The summed E-state index contributed by atoms with van der Waals surface area (Å²) in [5.74, 6) is 0.216. The van der Waals surface area contributed by atoms with Gasteiger partial charge in [0.25, 0.3) is 0 Å². The summed E-state index contributed by atoms with van der Waals surface area (Å²) in [5.41, 5.74) is 0.413. The molecule has 1 aromatic carbocycles. The van der Waals surface area contributed by atoms with E-state index in [1.807, 2.05) is 39.0 Å². The van der Waals surface area contributed by atoms with Gasteiger partial charge in [-0.1, -0.05) is 6.07 Å². The Balaban J connectivity index is 1.63. The van der Waals surface area contributed by atoms with Gasteiger partial charge in [0, 0.05) is 36.7 Å². The van der Waals surface area contributed by atoms with Crippen LogP contribution < -0.4 is 5.32 Å². The number of amides is 1. The molecule has 0 atom stereocenters. The molecule has 4 rings (SSSR count). The SMILES string of the molecule is CC(C)(C)OC(=O)N1CCC(Nc2cccc(C(=O)O)c2)(c2nnc(-c3ccncc3)[nH]2)CC1. The Bertz CT molecular complexity index is 1160. The highest BCUT2D eigenvalue weighted by molar-refractivity contribution is 5.88. The number of hydrogen-bond acceptors (Lipinski definition) is 7. The van der Waals surface area contributed by atoms with Crippen LogP contribution in [0.1, 0.15) is 49.8 Å². The number of H-pyrrole nitrogens is 1. The molecule has 0 aliphatic carbocycles. The van der Waals surface area contributed by atoms with E-state index in [0.29, 0.717) is 43.3 Å². The molecule has 10 nitrogen and oxygen atoms in total. The maximum absolute atomic E-state index is 12.6. The van der Waals surface area contributed by atoms with Gasteiger partial charge < -0.3 is 25.0 Å². The molecule has 0 saturated carbocycles. The summed E-state index contributed by atoms with van der Waals surface area (Å²) in [6, 6.07) is 10.3. The number of hydrogen-bond donors (Lipinski definition) is 3. The lowest BCUT2D eigenvalue weighted by atomic mass is 9.86. The monoisotopic (exact) mass is 464 g/mol. The standard InChI is InChI=1S/C24H28N6O4/c1-23(2,3)34-22(33)30-13-9-24(10-14-30,27-18-6-4-5-17(15-18)20(31)32)21-26-19(28-29-21)16-7-11-25-12-8-16/h4-8,11-12,15,27H,9-10,13-14H2,1-3H3,(H,31,32)(H,26,28,29). The molecule has 0 bridgehead atoms. The lowest BCUT2D eigenvalue weighted by molar-refractivity contribution is 0.0172. The van der Waals surface area contributed by atoms with Crippen molar-refractivity contribution in [3.05, 3.63) is 60.2 Å². The van der Waals surface area contributed by atoms with Crippen molar-refractivity contribution >= 4 is 17.7 Å². The molecule has 0 spiro atoms. The van der Waals surface area contributed by atoms with Crippen LogP contribution in [-0.2, 0) is 10.3 Å². The minimum atomic E-state index is -1.00. The molecule has 0 unspecified atom stereocenters. The van der Waals surface area contributed by atoms with Gasteiger partial charge in [-0.3, -0.25) is 4.98 Å². The van der Waals surface area contributed by atoms with E-state index in [1.165, 1.54) is 0 Å². The molecule has 0 radical (unpaired) electrons. The van der Waals surface area contributed by atoms with E-state index in [1.54, 1.807) is 35.5 Å². The van der Waals surface area contributed by atoms with Crippen LogP contribution in [0.5, 0.6) is 0 Å². The molecule has 1 fully saturated rings. The van der Waals surface area contributed by atoms with E-state index in [9.17, 15) is 14.7 Å². The zero-order valence-electron chi connectivity index (χ0n) is 19.4. The van der Waals surface area contributed by atoms with Crippen molar-refractivity contribution in [2.75, 3.05) is 18.4 Å². The van der Waals surface area contributed by atoms with Crippen molar-refractivity contribution in [1.29, 1.82) is 0 Å². The highest BCUT2D eigenvalue weighted by Crippen LogP contribution is 2.36. The number of aromatic amines is 1. The van der Waals surface area contributed by atoms with E-state index in [4.69, 9.17) is 4.74 Å². The normalized spacial score (nSPS) is 15.6. The van der Waals surface area contributed by atoms with Gasteiger partial charge in [0.2, 0.25) is 0 Å². The number of aromatic carboxylic acids is 1. The van der Waals surface area contributed by atoms with E-state index >= 15 is 0 Å². The number of piperidine rings is 1. The fourth-order valence-electron chi connectivity index (χ4n) is 3.94. The van der Waals surface area contributed by atoms with Crippen molar-refractivity contribution in [3.63, 3.8) is 0 Å². The van der Waals surface area contributed by atoms with Gasteiger partial charge in [-0.2, -0.15) is 0 Å². The minimum Gasteiger partial charge on any atom is -0.478 e. The predicted molar refractivity (Wildman–Crippen MR) is 125 cm³/mol. The molecule has 3 N–H and O–H groups in total. The molecule has 178 valence electrons. The number of ether oxygens (including phenoxy) is 1. The Hall–Kier alpha value is -3.95. The molecular formula is C24H28N6O4. The summed E-state index contributed by atoms with van der Waals surface area (Å²) in [6.45, 7) is 6.39. The van der Waals surface area contributed by atoms with Crippen molar-refractivity contribution < 1.29 is 19.4 Å². The molecule has 1 saturated heterocycles. The first-order chi connectivity index (χ1) is 16.2. The van der Waals surface area contributed by atoms with Gasteiger partial charge in [-0.25, -0.2) is 9.59 Å². The Kier molecular flexibility index (Phi) is 6.23. The predicted octanol–water partition coefficient (Wildman–Crippen LogP) is 3.90. The summed E-state index contributed by atoms with van der Waals surface area (Å²) >= 11 is 0. The summed E-state index contributed by atoms with van der Waals surface area (Å²) in [7, 11) is 0. The number of benzene rings is 1. The van der Waals surface area contributed by atoms with Gasteiger partial charge >= 0.3 is 12.1 Å². The Morgan fingerprint density at radius 2 is 1.82 bits per heavy atom. The van der Waals surface area contributed by atoms with Crippen LogP contribution in [0.4, 0.5) is 10.5 Å². The molecule has 1 aliphatic rings. The number of nitrogens with one attached hydrogen (secondary N) is 2. The lowest BCUT2D eigenvalue weighted by Gasteiger charge is -2.41. The zero-order chi connectivity index (χ0) is 24.3. The topological polar surface area (TPSA) is 133 Å². The Morgan fingerprint density at radius 3 is 2.47 bits per heavy atom. The highest BCUT2D eigenvalue weighted by Gasteiger charge is 2.41. The van der Waals surface area contributed by atoms with Crippen LogP contribution in [0.2, 0.25) is 0 Å². The van der Waals surface area contributed by atoms with E-state index in [0.717, 1.165) is 5.56 Å². The van der Waals surface area contributed by atoms with Crippen molar-refractivity contribution in [1.82, 2.24) is 25.1 Å². The van der Waals surface area contributed by atoms with E-state index in [-0.39, 0.29) is 11.7 Å². The fourth-order valence-corrected chi connectivity index (χ4v) is 3.94. The number of rotatable bonds is 5. The quantitative estimate of drug-likeness (QED) is 0.518. The van der Waals surface area contributed by atoms with Crippen LogP contribution in [0, 0.1) is 0 Å². The number of carbonyl (C=O) groups is 2. The molecule has 1 amide bonds. The van der Waals surface area contributed by atoms with Gasteiger partial charge in [0.05, 0.1) is 5.56 Å². The van der Waals surface area contributed by atoms with Gasteiger partial charge in [0.1, 0.15) is 11.1 Å². The highest BCUT2D eigenvalue weighted by atomic mass is 16.6. The summed E-state index contributed by atoms with van der Waals surface area (Å²) in [5, 5.41) is 21.6. The average Bonchev–Trinajstić information content (AvgIpc) is 3.30. The van der Waals surface area contributed by atoms with Crippen LogP contribution in [0.25, 0.3) is 11.4 Å². The second kappa shape index (κ2) is 9.12.